The molecule has 0 unspecified atom stereocenters. The van der Waals surface area contributed by atoms with Crippen LogP contribution in [0.25, 0.3) is 0 Å². The fourth-order valence-corrected chi connectivity index (χ4v) is 3.59. The molecule has 6 nitrogen and oxygen atoms in total. The average Bonchev–Trinajstić information content (AvgIpc) is 2.87. The quantitative estimate of drug-likeness (QED) is 0.730. The van der Waals surface area contributed by atoms with Gasteiger partial charge in [0.05, 0.1) is 12.7 Å². The summed E-state index contributed by atoms with van der Waals surface area (Å²) < 4.78 is 31.3. The highest BCUT2D eigenvalue weighted by Crippen LogP contribution is 2.16. The molecule has 114 valence electrons. The largest absolute Gasteiger partial charge is 0.464 e. The van der Waals surface area contributed by atoms with E-state index in [2.05, 4.69) is 4.72 Å². The number of carbonyl (C=O) groups is 1. The van der Waals surface area contributed by atoms with E-state index in [0.29, 0.717) is 0 Å². The third-order valence-electron chi connectivity index (χ3n) is 2.34. The Labute approximate surface area is 122 Å². The number of aliphatic hydroxyl groups excluding tert-OH is 1. The Bertz CT molecular complexity index is 522. The van der Waals surface area contributed by atoms with E-state index in [1.807, 2.05) is 13.8 Å². The van der Waals surface area contributed by atoms with Crippen LogP contribution >= 0.6 is 11.3 Å². The second-order valence-corrected chi connectivity index (χ2v) is 7.68. The predicted octanol–water partition coefficient (Wildman–Crippen LogP) is 0.975. The maximum absolute atomic E-state index is 12.0. The van der Waals surface area contributed by atoms with Gasteiger partial charge in [-0.3, -0.25) is 4.79 Å². The molecular formula is C12H19NO5S2. The maximum Gasteiger partial charge on any atom is 0.326 e. The van der Waals surface area contributed by atoms with Crippen molar-refractivity contribution in [3.63, 3.8) is 0 Å². The van der Waals surface area contributed by atoms with Crippen molar-refractivity contribution < 1.29 is 23.1 Å². The van der Waals surface area contributed by atoms with E-state index in [9.17, 15) is 18.3 Å². The van der Waals surface area contributed by atoms with Crippen LogP contribution in [-0.2, 0) is 19.6 Å². The number of carbonyl (C=O) groups excluding carboxylic acids is 1. The Balaban J connectivity index is 2.80. The summed E-state index contributed by atoms with van der Waals surface area (Å²) in [5.41, 5.74) is 0. The standard InChI is InChI=1S/C12H19NO5S2/c1-8(2)7-18-12(15)11(9(3)14)13-20(16,17)10-5-4-6-19-10/h4-6,8-9,11,13-14H,7H2,1-3H3/t9-,11-/m1/s1. The molecular weight excluding hydrogens is 302 g/mol. The van der Waals surface area contributed by atoms with Crippen molar-refractivity contribution in [3.8, 4) is 0 Å². The van der Waals surface area contributed by atoms with Gasteiger partial charge in [-0.2, -0.15) is 4.72 Å². The summed E-state index contributed by atoms with van der Waals surface area (Å²) in [5.74, 6) is -0.656. The van der Waals surface area contributed by atoms with Crippen LogP contribution in [0.5, 0.6) is 0 Å². The highest BCUT2D eigenvalue weighted by atomic mass is 32.2. The fourth-order valence-electron chi connectivity index (χ4n) is 1.32. The molecule has 2 N–H and O–H groups in total. The van der Waals surface area contributed by atoms with Crippen LogP contribution in [0.15, 0.2) is 21.7 Å². The summed E-state index contributed by atoms with van der Waals surface area (Å²) in [6.07, 6.45) is -1.19. The van der Waals surface area contributed by atoms with Crippen LogP contribution in [-0.4, -0.2) is 38.2 Å². The molecule has 0 fully saturated rings. The van der Waals surface area contributed by atoms with Crippen LogP contribution in [0.4, 0.5) is 0 Å². The molecule has 1 aromatic heterocycles. The van der Waals surface area contributed by atoms with Crippen molar-refractivity contribution in [3.05, 3.63) is 17.5 Å². The van der Waals surface area contributed by atoms with E-state index >= 15 is 0 Å². The monoisotopic (exact) mass is 321 g/mol. The predicted molar refractivity (Wildman–Crippen MR) is 75.9 cm³/mol. The van der Waals surface area contributed by atoms with Crippen molar-refractivity contribution in [2.75, 3.05) is 6.61 Å². The highest BCUT2D eigenvalue weighted by molar-refractivity contribution is 7.91. The maximum atomic E-state index is 12.0. The fraction of sp³-hybridized carbons (Fsp3) is 0.583. The Morgan fingerprint density at radius 2 is 2.10 bits per heavy atom. The van der Waals surface area contributed by atoms with Gasteiger partial charge in [0, 0.05) is 0 Å². The number of rotatable bonds is 7. The van der Waals surface area contributed by atoms with Crippen LogP contribution < -0.4 is 4.72 Å². The zero-order valence-corrected chi connectivity index (χ0v) is 13.2. The summed E-state index contributed by atoms with van der Waals surface area (Å²) >= 11 is 1.03. The molecule has 0 bridgehead atoms. The Morgan fingerprint density at radius 1 is 1.45 bits per heavy atom. The van der Waals surface area contributed by atoms with E-state index in [1.54, 1.807) is 11.4 Å². The van der Waals surface area contributed by atoms with Gasteiger partial charge < -0.3 is 9.84 Å². The number of nitrogens with one attached hydrogen (secondary N) is 1. The van der Waals surface area contributed by atoms with Gasteiger partial charge in [0.25, 0.3) is 10.0 Å². The molecule has 0 saturated heterocycles. The van der Waals surface area contributed by atoms with Crippen molar-refractivity contribution in [1.82, 2.24) is 4.72 Å². The molecule has 0 aliphatic carbocycles. The number of sulfonamides is 1. The minimum Gasteiger partial charge on any atom is -0.464 e. The molecule has 2 atom stereocenters. The van der Waals surface area contributed by atoms with Gasteiger partial charge in [0.1, 0.15) is 10.3 Å². The molecule has 1 heterocycles. The third kappa shape index (κ3) is 4.86. The molecule has 0 aliphatic heterocycles. The molecule has 20 heavy (non-hydrogen) atoms. The zero-order valence-electron chi connectivity index (χ0n) is 11.6. The van der Waals surface area contributed by atoms with Crippen molar-refractivity contribution >= 4 is 27.3 Å². The molecule has 0 saturated carbocycles. The first kappa shape index (κ1) is 17.1. The summed E-state index contributed by atoms with van der Waals surface area (Å²) in [7, 11) is -3.84. The van der Waals surface area contributed by atoms with Gasteiger partial charge in [-0.15, -0.1) is 11.3 Å². The van der Waals surface area contributed by atoms with E-state index in [0.717, 1.165) is 11.3 Å². The minimum absolute atomic E-state index is 0.0832. The average molecular weight is 321 g/mol. The van der Waals surface area contributed by atoms with Crippen LogP contribution in [0.2, 0.25) is 0 Å². The molecule has 1 rings (SSSR count). The molecule has 0 radical (unpaired) electrons. The summed E-state index contributed by atoms with van der Waals surface area (Å²) in [6, 6.07) is 1.69. The lowest BCUT2D eigenvalue weighted by Crippen LogP contribution is -2.48. The smallest absolute Gasteiger partial charge is 0.326 e. The molecule has 0 aliphatic rings. The van der Waals surface area contributed by atoms with Gasteiger partial charge in [-0.1, -0.05) is 19.9 Å². The van der Waals surface area contributed by atoms with Crippen molar-refractivity contribution in [2.45, 2.75) is 37.1 Å². The number of aliphatic hydroxyl groups is 1. The summed E-state index contributed by atoms with van der Waals surface area (Å²) in [5, 5.41) is 11.2. The minimum atomic E-state index is -3.84. The van der Waals surface area contributed by atoms with Gasteiger partial charge >= 0.3 is 5.97 Å². The van der Waals surface area contributed by atoms with E-state index in [1.165, 1.54) is 13.0 Å². The Morgan fingerprint density at radius 3 is 2.55 bits per heavy atom. The topological polar surface area (TPSA) is 92.7 Å². The van der Waals surface area contributed by atoms with Crippen LogP contribution in [0, 0.1) is 5.92 Å². The number of thiophene rings is 1. The molecule has 1 aromatic rings. The summed E-state index contributed by atoms with van der Waals surface area (Å²) in [4.78, 5) is 11.8. The molecule has 0 aromatic carbocycles. The van der Waals surface area contributed by atoms with Gasteiger partial charge in [0.15, 0.2) is 0 Å². The van der Waals surface area contributed by atoms with Gasteiger partial charge in [-0.05, 0) is 24.3 Å². The zero-order chi connectivity index (χ0) is 15.3. The highest BCUT2D eigenvalue weighted by Gasteiger charge is 2.31. The molecule has 0 spiro atoms. The SMILES string of the molecule is CC(C)COC(=O)[C@H](NS(=O)(=O)c1cccs1)[C@@H](C)O. The lowest BCUT2D eigenvalue weighted by atomic mass is 10.2. The Kier molecular flexibility index (Phi) is 6.12. The molecule has 8 heteroatoms. The van der Waals surface area contributed by atoms with Crippen molar-refractivity contribution in [2.24, 2.45) is 5.92 Å². The van der Waals surface area contributed by atoms with Crippen molar-refractivity contribution in [1.29, 1.82) is 0 Å². The lowest BCUT2D eigenvalue weighted by Gasteiger charge is -2.20. The molecule has 0 amide bonds. The van der Waals surface area contributed by atoms with Gasteiger partial charge in [0.2, 0.25) is 0 Å². The normalized spacial score (nSPS) is 15.1. The Hall–Kier alpha value is -0.960. The van der Waals surface area contributed by atoms with E-state index < -0.39 is 28.1 Å². The first-order valence-corrected chi connectivity index (χ1v) is 8.51. The lowest BCUT2D eigenvalue weighted by molar-refractivity contribution is -0.149. The second kappa shape index (κ2) is 7.16. The van der Waals surface area contributed by atoms with E-state index in [-0.39, 0.29) is 16.7 Å². The number of esters is 1. The second-order valence-electron chi connectivity index (χ2n) is 4.80. The number of ether oxygens (including phenoxy) is 1. The first-order chi connectivity index (χ1) is 9.24. The summed E-state index contributed by atoms with van der Waals surface area (Å²) in [6.45, 7) is 5.22. The number of hydrogen-bond acceptors (Lipinski definition) is 6. The third-order valence-corrected chi connectivity index (χ3v) is 5.18. The van der Waals surface area contributed by atoms with E-state index in [4.69, 9.17) is 4.74 Å². The number of hydrogen-bond donors (Lipinski definition) is 2. The van der Waals surface area contributed by atoms with Gasteiger partial charge in [-0.25, -0.2) is 8.42 Å². The van der Waals surface area contributed by atoms with Crippen LogP contribution in [0.3, 0.4) is 0 Å². The first-order valence-electron chi connectivity index (χ1n) is 6.14. The van der Waals surface area contributed by atoms with Crippen LogP contribution in [0.1, 0.15) is 20.8 Å².